The molecule has 0 saturated heterocycles. The van der Waals surface area contributed by atoms with Gasteiger partial charge in [-0.3, -0.25) is 0 Å². The van der Waals surface area contributed by atoms with Crippen molar-refractivity contribution in [1.82, 2.24) is 0 Å². The van der Waals surface area contributed by atoms with Crippen LogP contribution in [0.5, 0.6) is 0 Å². The molecule has 0 heterocycles. The summed E-state index contributed by atoms with van der Waals surface area (Å²) < 4.78 is 0. The minimum Gasteiger partial charge on any atom is -0.870 e. The molecule has 7 heavy (non-hydrogen) atoms. The average molecular weight is 136 g/mol. The van der Waals surface area contributed by atoms with Crippen LogP contribution >= 0.6 is 0 Å². The Hall–Kier alpha value is 1.48. The predicted molar refractivity (Wildman–Crippen MR) is 19.7 cm³/mol. The third-order valence-electron chi connectivity index (χ3n) is 0.1000. The first-order valence-corrected chi connectivity index (χ1v) is 1.13. The second-order valence-corrected chi connectivity index (χ2v) is 0.447. The number of aliphatic hydroxyl groups is 2. The van der Waals surface area contributed by atoms with Crippen LogP contribution in [0.4, 0.5) is 0 Å². The number of hydrogen-bond acceptors (Lipinski definition) is 3. The van der Waals surface area contributed by atoms with Crippen LogP contribution in [-0.4, -0.2) is 34.4 Å². The first kappa shape index (κ1) is 23.6. The van der Waals surface area contributed by atoms with E-state index in [-0.39, 0.29) is 75.6 Å². The summed E-state index contributed by atoms with van der Waals surface area (Å²) in [6.45, 7) is -0.250. The molecule has 0 unspecified atom stereocenters. The molecule has 0 rings (SSSR count). The molecule has 0 aliphatic heterocycles. The van der Waals surface area contributed by atoms with Crippen LogP contribution in [-0.2, 0) is 0 Å². The molecule has 0 spiro atoms. The summed E-state index contributed by atoms with van der Waals surface area (Å²) in [5, 5.41) is 15.2. The third kappa shape index (κ3) is 36.6. The SMILES string of the molecule is O.OCCO.[K+].[OH-]. The van der Waals surface area contributed by atoms with Crippen molar-refractivity contribution < 1.29 is 72.5 Å². The minimum absolute atomic E-state index is 0. The van der Waals surface area contributed by atoms with Crippen molar-refractivity contribution in [2.24, 2.45) is 0 Å². The van der Waals surface area contributed by atoms with Crippen molar-refractivity contribution in [2.45, 2.75) is 0 Å². The Kier molecular flexibility index (Phi) is 87.6. The zero-order valence-corrected chi connectivity index (χ0v) is 7.38. The summed E-state index contributed by atoms with van der Waals surface area (Å²) in [5.74, 6) is 0. The van der Waals surface area contributed by atoms with Crippen molar-refractivity contribution in [3.05, 3.63) is 0 Å². The summed E-state index contributed by atoms with van der Waals surface area (Å²) in [7, 11) is 0. The van der Waals surface area contributed by atoms with Gasteiger partial charge in [0.05, 0.1) is 13.2 Å². The van der Waals surface area contributed by atoms with Gasteiger partial charge < -0.3 is 21.2 Å². The first-order chi connectivity index (χ1) is 1.91. The molecule has 0 aromatic heterocycles. The smallest absolute Gasteiger partial charge is 0.870 e. The summed E-state index contributed by atoms with van der Waals surface area (Å²) in [5.41, 5.74) is 0. The Morgan fingerprint density at radius 1 is 1.00 bits per heavy atom. The van der Waals surface area contributed by atoms with E-state index in [2.05, 4.69) is 0 Å². The maximum atomic E-state index is 7.62. The van der Waals surface area contributed by atoms with Gasteiger partial charge in [0.25, 0.3) is 0 Å². The average Bonchev–Trinajstić information content (AvgIpc) is 1.37. The van der Waals surface area contributed by atoms with Gasteiger partial charge in [0, 0.05) is 0 Å². The molecule has 0 aromatic carbocycles. The number of aliphatic hydroxyl groups excluding tert-OH is 2. The molecule has 0 amide bonds. The van der Waals surface area contributed by atoms with Gasteiger partial charge in [-0.2, -0.15) is 0 Å². The van der Waals surface area contributed by atoms with Crippen molar-refractivity contribution in [2.75, 3.05) is 13.2 Å². The van der Waals surface area contributed by atoms with Crippen LogP contribution in [0.3, 0.4) is 0 Å². The van der Waals surface area contributed by atoms with Gasteiger partial charge in [0.2, 0.25) is 0 Å². The molecule has 5 N–H and O–H groups in total. The van der Waals surface area contributed by atoms with E-state index in [0.29, 0.717) is 0 Å². The van der Waals surface area contributed by atoms with Gasteiger partial charge in [-0.25, -0.2) is 0 Å². The minimum atomic E-state index is -0.125. The zero-order valence-electron chi connectivity index (χ0n) is 4.26. The van der Waals surface area contributed by atoms with Crippen molar-refractivity contribution in [3.63, 3.8) is 0 Å². The van der Waals surface area contributed by atoms with Gasteiger partial charge in [0.15, 0.2) is 0 Å². The summed E-state index contributed by atoms with van der Waals surface area (Å²) in [4.78, 5) is 0. The molecular weight excluding hydrogens is 127 g/mol. The van der Waals surface area contributed by atoms with Crippen molar-refractivity contribution >= 4 is 0 Å². The van der Waals surface area contributed by atoms with Crippen molar-refractivity contribution in [3.8, 4) is 0 Å². The fourth-order valence-electron chi connectivity index (χ4n) is 0. The zero-order chi connectivity index (χ0) is 3.41. The standard InChI is InChI=1S/C2H6O2.K.2H2O/c3-1-2-4;;;/h3-4H,1-2H2;;2*1H2/q;+1;;/p-1. The first-order valence-electron chi connectivity index (χ1n) is 1.13. The molecule has 5 heteroatoms. The topological polar surface area (TPSA) is 102 Å². The van der Waals surface area contributed by atoms with E-state index in [1.165, 1.54) is 0 Å². The Balaban J connectivity index is -0.0000000150. The maximum absolute atomic E-state index is 7.62. The second kappa shape index (κ2) is 25.9. The number of rotatable bonds is 1. The predicted octanol–water partition coefficient (Wildman–Crippen LogP) is -5.03. The van der Waals surface area contributed by atoms with Gasteiger partial charge >= 0.3 is 51.4 Å². The van der Waals surface area contributed by atoms with E-state index in [9.17, 15) is 0 Å². The molecule has 0 saturated carbocycles. The van der Waals surface area contributed by atoms with Crippen LogP contribution in [0, 0.1) is 0 Å². The molecular formula is C2H9KO4. The van der Waals surface area contributed by atoms with Crippen LogP contribution in [0.15, 0.2) is 0 Å². The molecule has 0 aliphatic carbocycles. The molecule has 0 radical (unpaired) electrons. The van der Waals surface area contributed by atoms with Gasteiger partial charge in [-0.1, -0.05) is 0 Å². The van der Waals surface area contributed by atoms with E-state index in [1.807, 2.05) is 0 Å². The van der Waals surface area contributed by atoms with E-state index >= 15 is 0 Å². The van der Waals surface area contributed by atoms with Crippen LogP contribution in [0.1, 0.15) is 0 Å². The van der Waals surface area contributed by atoms with Crippen molar-refractivity contribution in [1.29, 1.82) is 0 Å². The van der Waals surface area contributed by atoms with Crippen LogP contribution in [0.2, 0.25) is 0 Å². The normalized spacial score (nSPS) is 4.29. The largest absolute Gasteiger partial charge is 1.00 e. The van der Waals surface area contributed by atoms with Gasteiger partial charge in [-0.05, 0) is 0 Å². The fourth-order valence-corrected chi connectivity index (χ4v) is 0. The number of hydrogen-bond donors (Lipinski definition) is 2. The molecule has 42 valence electrons. The molecule has 0 aliphatic rings. The van der Waals surface area contributed by atoms with Gasteiger partial charge in [-0.15, -0.1) is 0 Å². The molecule has 0 aromatic rings. The van der Waals surface area contributed by atoms with E-state index < -0.39 is 0 Å². The maximum Gasteiger partial charge on any atom is 1.00 e. The Bertz CT molecular complexity index is 11.7. The van der Waals surface area contributed by atoms with Crippen LogP contribution < -0.4 is 51.4 Å². The quantitative estimate of drug-likeness (QED) is 0.353. The van der Waals surface area contributed by atoms with E-state index in [4.69, 9.17) is 10.2 Å². The molecule has 4 nitrogen and oxygen atoms in total. The summed E-state index contributed by atoms with van der Waals surface area (Å²) >= 11 is 0. The Labute approximate surface area is 84.6 Å². The summed E-state index contributed by atoms with van der Waals surface area (Å²) in [6.07, 6.45) is 0. The Morgan fingerprint density at radius 2 is 1.14 bits per heavy atom. The Morgan fingerprint density at radius 3 is 1.14 bits per heavy atom. The van der Waals surface area contributed by atoms with E-state index in [0.717, 1.165) is 0 Å². The van der Waals surface area contributed by atoms with Crippen LogP contribution in [0.25, 0.3) is 0 Å². The van der Waals surface area contributed by atoms with E-state index in [1.54, 1.807) is 0 Å². The molecule has 0 atom stereocenters. The third-order valence-corrected chi connectivity index (χ3v) is 0.1000. The fraction of sp³-hybridized carbons (Fsp3) is 1.00. The summed E-state index contributed by atoms with van der Waals surface area (Å²) in [6, 6.07) is 0. The monoisotopic (exact) mass is 136 g/mol. The van der Waals surface area contributed by atoms with Gasteiger partial charge in [0.1, 0.15) is 0 Å². The molecule has 0 fully saturated rings. The molecule has 0 bridgehead atoms. The second-order valence-electron chi connectivity index (χ2n) is 0.447.